The summed E-state index contributed by atoms with van der Waals surface area (Å²) < 4.78 is 5.69. The molecule has 25 heavy (non-hydrogen) atoms. The Balaban J connectivity index is 1.57. The number of esters is 1. The molecule has 2 aliphatic heterocycles. The van der Waals surface area contributed by atoms with Crippen molar-refractivity contribution in [2.45, 2.75) is 83.4 Å². The highest BCUT2D eigenvalue weighted by atomic mass is 16.6. The lowest BCUT2D eigenvalue weighted by molar-refractivity contribution is -0.144. The van der Waals surface area contributed by atoms with Crippen LogP contribution in [0.4, 0.5) is 0 Å². The Morgan fingerprint density at radius 2 is 1.84 bits per heavy atom. The molecule has 4 aliphatic rings. The molecule has 0 radical (unpaired) electrons. The van der Waals surface area contributed by atoms with Crippen LogP contribution in [0, 0.1) is 29.6 Å². The smallest absolute Gasteiger partial charge is 0.309 e. The first-order chi connectivity index (χ1) is 12.1. The van der Waals surface area contributed by atoms with Gasteiger partial charge in [0.25, 0.3) is 0 Å². The van der Waals surface area contributed by atoms with Crippen molar-refractivity contribution in [2.75, 3.05) is 7.05 Å². The molecule has 0 aromatic carbocycles. The van der Waals surface area contributed by atoms with Crippen LogP contribution < -0.4 is 0 Å². The van der Waals surface area contributed by atoms with E-state index in [0.717, 1.165) is 18.3 Å². The lowest BCUT2D eigenvalue weighted by atomic mass is 9.57. The van der Waals surface area contributed by atoms with Gasteiger partial charge in [-0.3, -0.25) is 9.69 Å². The maximum atomic E-state index is 12.4. The largest absolute Gasteiger partial charge is 0.462 e. The molecule has 0 amide bonds. The van der Waals surface area contributed by atoms with E-state index in [1.165, 1.54) is 44.9 Å². The Morgan fingerprint density at radius 1 is 1.04 bits per heavy atom. The zero-order chi connectivity index (χ0) is 17.6. The average molecular weight is 346 g/mol. The van der Waals surface area contributed by atoms with E-state index in [-0.39, 0.29) is 18.0 Å². The number of ether oxygens (including phenoxy) is 1. The second kappa shape index (κ2) is 7.06. The van der Waals surface area contributed by atoms with Gasteiger partial charge in [-0.15, -0.1) is 0 Å². The van der Waals surface area contributed by atoms with E-state index in [0.29, 0.717) is 23.9 Å². The molecule has 2 aliphatic carbocycles. The van der Waals surface area contributed by atoms with Gasteiger partial charge in [-0.2, -0.15) is 0 Å². The first kappa shape index (κ1) is 17.6. The predicted molar refractivity (Wildman–Crippen MR) is 100 cm³/mol. The van der Waals surface area contributed by atoms with Crippen molar-refractivity contribution in [3.8, 4) is 0 Å². The number of nitrogens with zero attached hydrogens (tertiary/aromatic N) is 1. The molecule has 0 unspecified atom stereocenters. The molecule has 3 heteroatoms. The van der Waals surface area contributed by atoms with E-state index in [1.807, 2.05) is 0 Å². The monoisotopic (exact) mass is 345 g/mol. The second-order valence-corrected chi connectivity index (χ2v) is 9.24. The molecule has 8 atom stereocenters. The van der Waals surface area contributed by atoms with Crippen LogP contribution in [0.1, 0.15) is 65.2 Å². The van der Waals surface area contributed by atoms with Gasteiger partial charge in [0.15, 0.2) is 0 Å². The van der Waals surface area contributed by atoms with Gasteiger partial charge in [-0.25, -0.2) is 0 Å². The van der Waals surface area contributed by atoms with Crippen LogP contribution in [-0.2, 0) is 9.53 Å². The SMILES string of the molecule is C[C@@H]1OC(=O)[C@H]2C[C@@H]3CCCC[C@H]3[C@@H](C=C[C@H]3CCC[C@H](C)N3C)[C@@H]12. The third kappa shape index (κ3) is 3.18. The van der Waals surface area contributed by atoms with Crippen molar-refractivity contribution in [1.82, 2.24) is 4.90 Å². The zero-order valence-electron chi connectivity index (χ0n) is 16.2. The number of allylic oxidation sites excluding steroid dienone is 1. The Kier molecular flexibility index (Phi) is 4.96. The summed E-state index contributed by atoms with van der Waals surface area (Å²) in [5.41, 5.74) is 0. The quantitative estimate of drug-likeness (QED) is 0.548. The Morgan fingerprint density at radius 3 is 2.68 bits per heavy atom. The van der Waals surface area contributed by atoms with Crippen LogP contribution in [0.15, 0.2) is 12.2 Å². The number of rotatable bonds is 2. The highest BCUT2D eigenvalue weighted by molar-refractivity contribution is 5.75. The predicted octanol–water partition coefficient (Wildman–Crippen LogP) is 4.42. The number of fused-ring (bicyclic) bond motifs is 2. The highest BCUT2D eigenvalue weighted by Crippen LogP contribution is 2.53. The average Bonchev–Trinajstić information content (AvgIpc) is 2.89. The number of likely N-dealkylation sites (N-methyl/N-ethyl adjacent to an activating group) is 1. The van der Waals surface area contributed by atoms with Crippen LogP contribution in [0.25, 0.3) is 0 Å². The van der Waals surface area contributed by atoms with Crippen molar-refractivity contribution >= 4 is 5.97 Å². The van der Waals surface area contributed by atoms with E-state index in [4.69, 9.17) is 4.74 Å². The summed E-state index contributed by atoms with van der Waals surface area (Å²) in [4.78, 5) is 14.9. The summed E-state index contributed by atoms with van der Waals surface area (Å²) in [6.45, 7) is 4.47. The van der Waals surface area contributed by atoms with Crippen LogP contribution >= 0.6 is 0 Å². The van der Waals surface area contributed by atoms with Crippen molar-refractivity contribution in [3.63, 3.8) is 0 Å². The normalized spacial score (nSPS) is 48.2. The number of carbonyl (C=O) groups is 1. The Hall–Kier alpha value is -0.830. The van der Waals surface area contributed by atoms with Crippen molar-refractivity contribution in [1.29, 1.82) is 0 Å². The second-order valence-electron chi connectivity index (χ2n) is 9.24. The third-order valence-electron chi connectivity index (χ3n) is 7.97. The molecule has 2 saturated carbocycles. The van der Waals surface area contributed by atoms with Crippen LogP contribution in [-0.4, -0.2) is 36.1 Å². The number of likely N-dealkylation sites (tertiary alicyclic amines) is 1. The van der Waals surface area contributed by atoms with E-state index in [2.05, 4.69) is 37.9 Å². The fraction of sp³-hybridized carbons (Fsp3) is 0.864. The van der Waals surface area contributed by atoms with Crippen LogP contribution in [0.5, 0.6) is 0 Å². The summed E-state index contributed by atoms with van der Waals surface area (Å²) in [6.07, 6.45) is 15.5. The standard InChI is InChI=1S/C22H35NO2/c1-14-7-6-9-17(23(14)3)11-12-19-18-10-5-4-8-16(18)13-20-21(19)15(2)25-22(20)24/h11-12,14-21H,4-10,13H2,1-3H3/t14-,15-,16-,17+,18+,19+,20-,21+/m0/s1. The summed E-state index contributed by atoms with van der Waals surface area (Å²) in [7, 11) is 2.27. The van der Waals surface area contributed by atoms with E-state index in [9.17, 15) is 4.79 Å². The molecule has 140 valence electrons. The molecule has 4 rings (SSSR count). The molecule has 3 nitrogen and oxygen atoms in total. The molecule has 0 bridgehead atoms. The molecular formula is C22H35NO2. The molecule has 4 fully saturated rings. The van der Waals surface area contributed by atoms with Crippen LogP contribution in [0.2, 0.25) is 0 Å². The fourth-order valence-electron chi connectivity index (χ4n) is 6.43. The minimum absolute atomic E-state index is 0.0864. The van der Waals surface area contributed by atoms with Gasteiger partial charge in [0, 0.05) is 18.0 Å². The van der Waals surface area contributed by atoms with Gasteiger partial charge < -0.3 is 4.74 Å². The number of hydrogen-bond acceptors (Lipinski definition) is 3. The van der Waals surface area contributed by atoms with Gasteiger partial charge in [0.2, 0.25) is 0 Å². The lowest BCUT2D eigenvalue weighted by Gasteiger charge is -2.46. The molecule has 0 aromatic rings. The Bertz CT molecular complexity index is 530. The minimum atomic E-state index is 0.0864. The fourth-order valence-corrected chi connectivity index (χ4v) is 6.43. The highest BCUT2D eigenvalue weighted by Gasteiger charge is 2.53. The summed E-state index contributed by atoms with van der Waals surface area (Å²) >= 11 is 0. The van der Waals surface area contributed by atoms with Crippen LogP contribution in [0.3, 0.4) is 0 Å². The molecule has 0 N–H and O–H groups in total. The summed E-state index contributed by atoms with van der Waals surface area (Å²) in [5, 5.41) is 0. The maximum Gasteiger partial charge on any atom is 0.309 e. The molecule has 2 saturated heterocycles. The van der Waals surface area contributed by atoms with Crippen molar-refractivity contribution in [3.05, 3.63) is 12.2 Å². The van der Waals surface area contributed by atoms with Gasteiger partial charge in [0.1, 0.15) is 6.10 Å². The molecular weight excluding hydrogens is 310 g/mol. The lowest BCUT2D eigenvalue weighted by Crippen LogP contribution is -2.44. The molecule has 0 aromatic heterocycles. The molecule has 2 heterocycles. The number of carbonyl (C=O) groups excluding carboxylic acids is 1. The van der Waals surface area contributed by atoms with E-state index >= 15 is 0 Å². The van der Waals surface area contributed by atoms with Gasteiger partial charge >= 0.3 is 5.97 Å². The third-order valence-corrected chi connectivity index (χ3v) is 7.97. The van der Waals surface area contributed by atoms with Gasteiger partial charge in [-0.1, -0.05) is 37.8 Å². The number of piperidine rings is 1. The first-order valence-electron chi connectivity index (χ1n) is 10.7. The molecule has 0 spiro atoms. The minimum Gasteiger partial charge on any atom is -0.462 e. The summed E-state index contributed by atoms with van der Waals surface area (Å²) in [5.74, 6) is 2.71. The van der Waals surface area contributed by atoms with Crippen molar-refractivity contribution < 1.29 is 9.53 Å². The van der Waals surface area contributed by atoms with Gasteiger partial charge in [0.05, 0.1) is 5.92 Å². The number of hydrogen-bond donors (Lipinski definition) is 0. The maximum absolute atomic E-state index is 12.4. The van der Waals surface area contributed by atoms with E-state index in [1.54, 1.807) is 0 Å². The van der Waals surface area contributed by atoms with Gasteiger partial charge in [-0.05, 0) is 64.3 Å². The van der Waals surface area contributed by atoms with Crippen molar-refractivity contribution in [2.24, 2.45) is 29.6 Å². The first-order valence-corrected chi connectivity index (χ1v) is 10.7. The van der Waals surface area contributed by atoms with E-state index < -0.39 is 0 Å². The summed E-state index contributed by atoms with van der Waals surface area (Å²) in [6, 6.07) is 1.25. The number of cyclic esters (lactones) is 1. The zero-order valence-corrected chi connectivity index (χ0v) is 16.2. The Labute approximate surface area is 153 Å². The topological polar surface area (TPSA) is 29.5 Å².